The molecule has 0 saturated carbocycles. The van der Waals surface area contributed by atoms with Crippen LogP contribution in [-0.4, -0.2) is 24.7 Å². The summed E-state index contributed by atoms with van der Waals surface area (Å²) in [7, 11) is -3.69. The molecule has 6 heteroatoms. The van der Waals surface area contributed by atoms with Crippen LogP contribution in [0, 0.1) is 0 Å². The number of carbonyl (C=O) groups is 1. The third kappa shape index (κ3) is 2.61. The van der Waals surface area contributed by atoms with Crippen LogP contribution in [0.5, 0.6) is 0 Å². The predicted molar refractivity (Wildman–Crippen MR) is 68.9 cm³/mol. The lowest BCUT2D eigenvalue weighted by molar-refractivity contribution is 0.0971. The van der Waals surface area contributed by atoms with Crippen LogP contribution in [0.4, 0.5) is 5.69 Å². The molecule has 0 heterocycles. The molecule has 0 amide bonds. The number of benzene rings is 1. The first-order chi connectivity index (χ1) is 7.72. The van der Waals surface area contributed by atoms with Crippen molar-refractivity contribution in [3.63, 3.8) is 0 Å². The van der Waals surface area contributed by atoms with E-state index < -0.39 is 19.8 Å². The summed E-state index contributed by atoms with van der Waals surface area (Å²) >= 11 is 5.96. The highest BCUT2D eigenvalue weighted by Crippen LogP contribution is 2.30. The van der Waals surface area contributed by atoms with Crippen molar-refractivity contribution < 1.29 is 13.2 Å². The molecular weight excluding hydrogens is 262 g/mol. The van der Waals surface area contributed by atoms with Gasteiger partial charge >= 0.3 is 0 Å². The summed E-state index contributed by atoms with van der Waals surface area (Å²) in [5.41, 5.74) is 6.23. The monoisotopic (exact) mass is 275 g/mol. The normalized spacial score (nSPS) is 15.2. The second-order valence-electron chi connectivity index (χ2n) is 3.81. The maximum absolute atomic E-state index is 12.1. The van der Waals surface area contributed by atoms with E-state index in [9.17, 15) is 13.2 Å². The number of hydrogen-bond donors (Lipinski definition) is 1. The van der Waals surface area contributed by atoms with Gasteiger partial charge in [0, 0.05) is 17.5 Å². The summed E-state index contributed by atoms with van der Waals surface area (Å²) in [5.74, 6) is -0.621. The van der Waals surface area contributed by atoms with Crippen molar-refractivity contribution in [3.05, 3.63) is 29.8 Å². The van der Waals surface area contributed by atoms with Gasteiger partial charge in [0.25, 0.3) is 0 Å². The van der Waals surface area contributed by atoms with Crippen LogP contribution in [0.3, 0.4) is 0 Å². The van der Waals surface area contributed by atoms with Gasteiger partial charge in [0.15, 0.2) is 15.6 Å². The number of ketones is 1. The lowest BCUT2D eigenvalue weighted by Crippen LogP contribution is -2.40. The van der Waals surface area contributed by atoms with Crippen molar-refractivity contribution >= 4 is 32.9 Å². The molecular formula is C11H14ClNO3S. The largest absolute Gasteiger partial charge is 0.399 e. The molecule has 0 aliphatic carbocycles. The van der Waals surface area contributed by atoms with E-state index >= 15 is 0 Å². The maximum Gasteiger partial charge on any atom is 0.207 e. The van der Waals surface area contributed by atoms with E-state index in [0.717, 1.165) is 6.26 Å². The number of hydrogen-bond acceptors (Lipinski definition) is 4. The van der Waals surface area contributed by atoms with E-state index in [2.05, 4.69) is 0 Å². The third-order valence-electron chi connectivity index (χ3n) is 2.55. The Labute approximate surface area is 106 Å². The minimum Gasteiger partial charge on any atom is -0.399 e. The molecule has 0 aliphatic heterocycles. The van der Waals surface area contributed by atoms with Crippen LogP contribution in [0.15, 0.2) is 24.3 Å². The van der Waals surface area contributed by atoms with Crippen LogP contribution in [-0.2, 0) is 9.84 Å². The summed E-state index contributed by atoms with van der Waals surface area (Å²) in [6.45, 7) is 1.56. The highest BCUT2D eigenvalue weighted by Gasteiger charge is 2.44. The third-order valence-corrected chi connectivity index (χ3v) is 5.48. The quantitative estimate of drug-likeness (QED) is 0.517. The SMILES string of the molecule is CC[C@@](Cl)(C(=O)c1ccc(N)cc1)S(C)(=O)=O. The molecule has 1 rings (SSSR count). The summed E-state index contributed by atoms with van der Waals surface area (Å²) in [5, 5.41) is 0. The van der Waals surface area contributed by atoms with Gasteiger partial charge in [-0.1, -0.05) is 18.5 Å². The Morgan fingerprint density at radius 2 is 1.82 bits per heavy atom. The Morgan fingerprint density at radius 1 is 1.35 bits per heavy atom. The molecule has 2 N–H and O–H groups in total. The number of carbonyl (C=O) groups excluding carboxylic acids is 1. The highest BCUT2D eigenvalue weighted by atomic mass is 35.5. The maximum atomic E-state index is 12.1. The van der Waals surface area contributed by atoms with Gasteiger partial charge in [-0.25, -0.2) is 8.42 Å². The molecule has 0 radical (unpaired) electrons. The lowest BCUT2D eigenvalue weighted by atomic mass is 10.1. The van der Waals surface area contributed by atoms with Crippen molar-refractivity contribution in [2.24, 2.45) is 0 Å². The smallest absolute Gasteiger partial charge is 0.207 e. The van der Waals surface area contributed by atoms with Gasteiger partial charge in [-0.15, -0.1) is 0 Å². The summed E-state index contributed by atoms with van der Waals surface area (Å²) in [6.07, 6.45) is 0.968. The molecule has 94 valence electrons. The number of halogens is 1. The fraction of sp³-hybridized carbons (Fsp3) is 0.364. The number of alkyl halides is 1. The molecule has 0 bridgehead atoms. The molecule has 0 spiro atoms. The van der Waals surface area contributed by atoms with E-state index in [-0.39, 0.29) is 12.0 Å². The molecule has 1 atom stereocenters. The minimum atomic E-state index is -3.69. The molecule has 4 nitrogen and oxygen atoms in total. The van der Waals surface area contributed by atoms with Crippen molar-refractivity contribution in [2.45, 2.75) is 17.6 Å². The topological polar surface area (TPSA) is 77.2 Å². The number of Topliss-reactive ketones (excluding diaryl/α,β-unsaturated/α-hetero) is 1. The van der Waals surface area contributed by atoms with Crippen molar-refractivity contribution in [2.75, 3.05) is 12.0 Å². The van der Waals surface area contributed by atoms with Gasteiger partial charge in [-0.05, 0) is 30.7 Å². The Balaban J connectivity index is 3.24. The summed E-state index contributed by atoms with van der Waals surface area (Å²) in [4.78, 5) is 12.1. The van der Waals surface area contributed by atoms with E-state index in [4.69, 9.17) is 17.3 Å². The Bertz CT molecular complexity index is 524. The molecule has 17 heavy (non-hydrogen) atoms. The van der Waals surface area contributed by atoms with E-state index in [1.807, 2.05) is 0 Å². The average molecular weight is 276 g/mol. The second kappa shape index (κ2) is 4.66. The molecule has 0 aromatic heterocycles. The first kappa shape index (κ1) is 14.0. The molecule has 0 aliphatic rings. The van der Waals surface area contributed by atoms with Crippen LogP contribution >= 0.6 is 11.6 Å². The zero-order chi connectivity index (χ0) is 13.3. The number of nitrogens with two attached hydrogens (primary N) is 1. The van der Waals surface area contributed by atoms with Crippen LogP contribution in [0.1, 0.15) is 23.7 Å². The minimum absolute atomic E-state index is 0.0105. The molecule has 1 aromatic carbocycles. The molecule has 0 fully saturated rings. The number of anilines is 1. The highest BCUT2D eigenvalue weighted by molar-refractivity contribution is 7.94. The van der Waals surface area contributed by atoms with Gasteiger partial charge in [0.2, 0.25) is 4.21 Å². The first-order valence-electron chi connectivity index (χ1n) is 5.01. The van der Waals surface area contributed by atoms with Gasteiger partial charge in [-0.3, -0.25) is 4.79 Å². The van der Waals surface area contributed by atoms with E-state index in [1.165, 1.54) is 24.3 Å². The van der Waals surface area contributed by atoms with Gasteiger partial charge in [0.1, 0.15) is 0 Å². The standard InChI is InChI=1S/C11H14ClNO3S/c1-3-11(12,17(2,15)16)10(14)8-4-6-9(13)7-5-8/h4-7H,3,13H2,1-2H3/t11-/m0/s1. The van der Waals surface area contributed by atoms with Gasteiger partial charge in [0.05, 0.1) is 0 Å². The molecule has 0 unspecified atom stereocenters. The Kier molecular flexibility index (Phi) is 3.84. The summed E-state index contributed by atoms with van der Waals surface area (Å²) in [6, 6.07) is 6.00. The molecule has 0 saturated heterocycles. The van der Waals surface area contributed by atoms with Gasteiger partial charge in [-0.2, -0.15) is 0 Å². The van der Waals surface area contributed by atoms with Crippen LogP contribution in [0.25, 0.3) is 0 Å². The lowest BCUT2D eigenvalue weighted by Gasteiger charge is -2.21. The zero-order valence-electron chi connectivity index (χ0n) is 9.60. The van der Waals surface area contributed by atoms with Crippen molar-refractivity contribution in [1.29, 1.82) is 0 Å². The fourth-order valence-electron chi connectivity index (χ4n) is 1.44. The number of rotatable bonds is 4. The van der Waals surface area contributed by atoms with Crippen molar-refractivity contribution in [1.82, 2.24) is 0 Å². The van der Waals surface area contributed by atoms with E-state index in [0.29, 0.717) is 5.69 Å². The fourth-order valence-corrected chi connectivity index (χ4v) is 2.53. The van der Waals surface area contributed by atoms with E-state index in [1.54, 1.807) is 6.92 Å². The van der Waals surface area contributed by atoms with Crippen LogP contribution in [0.2, 0.25) is 0 Å². The number of sulfone groups is 1. The first-order valence-corrected chi connectivity index (χ1v) is 7.28. The number of nitrogen functional groups attached to an aromatic ring is 1. The Hall–Kier alpha value is -1.07. The van der Waals surface area contributed by atoms with Gasteiger partial charge < -0.3 is 5.73 Å². The molecule has 1 aromatic rings. The zero-order valence-corrected chi connectivity index (χ0v) is 11.2. The van der Waals surface area contributed by atoms with Crippen molar-refractivity contribution in [3.8, 4) is 0 Å². The van der Waals surface area contributed by atoms with Crippen LogP contribution < -0.4 is 5.73 Å². The average Bonchev–Trinajstić information content (AvgIpc) is 2.26. The Morgan fingerprint density at radius 3 is 2.18 bits per heavy atom. The second-order valence-corrected chi connectivity index (χ2v) is 6.92. The predicted octanol–water partition coefficient (Wildman–Crippen LogP) is 1.84. The summed E-state index contributed by atoms with van der Waals surface area (Å²) < 4.78 is 21.3.